The highest BCUT2D eigenvalue weighted by molar-refractivity contribution is 7.85. The molecule has 5 nitrogen and oxygen atoms in total. The van der Waals surface area contributed by atoms with E-state index < -0.39 is 10.8 Å². The molecule has 1 aliphatic heterocycles. The lowest BCUT2D eigenvalue weighted by Crippen LogP contribution is -1.99. The van der Waals surface area contributed by atoms with Gasteiger partial charge in [-0.1, -0.05) is 52.4 Å². The first-order valence-corrected chi connectivity index (χ1v) is 12.1. The van der Waals surface area contributed by atoms with E-state index in [4.69, 9.17) is 9.47 Å². The van der Waals surface area contributed by atoms with Crippen LogP contribution in [0.3, 0.4) is 0 Å². The Bertz CT molecular complexity index is 822. The van der Waals surface area contributed by atoms with E-state index in [0.29, 0.717) is 45.6 Å². The highest BCUT2D eigenvalue weighted by Gasteiger charge is 2.29. The minimum atomic E-state index is -1.41. The summed E-state index contributed by atoms with van der Waals surface area (Å²) in [6.45, 7) is 5.34. The van der Waals surface area contributed by atoms with Crippen molar-refractivity contribution in [3.63, 3.8) is 0 Å². The van der Waals surface area contributed by atoms with Crippen LogP contribution in [0.4, 0.5) is 0 Å². The lowest BCUT2D eigenvalue weighted by Gasteiger charge is -2.11. The van der Waals surface area contributed by atoms with Crippen LogP contribution in [0.1, 0.15) is 65.2 Å². The van der Waals surface area contributed by atoms with E-state index >= 15 is 0 Å². The van der Waals surface area contributed by atoms with Gasteiger partial charge >= 0.3 is 0 Å². The van der Waals surface area contributed by atoms with Crippen LogP contribution in [0, 0.1) is 0 Å². The molecule has 0 saturated heterocycles. The van der Waals surface area contributed by atoms with Gasteiger partial charge in [-0.25, -0.2) is 4.21 Å². The summed E-state index contributed by atoms with van der Waals surface area (Å²) in [5.41, 5.74) is 1.31. The van der Waals surface area contributed by atoms with Gasteiger partial charge in [0, 0.05) is 23.3 Å². The Kier molecular flexibility index (Phi) is 8.02. The Morgan fingerprint density at radius 2 is 1.13 bits per heavy atom. The van der Waals surface area contributed by atoms with Gasteiger partial charge in [0.25, 0.3) is 0 Å². The van der Waals surface area contributed by atoms with E-state index in [1.54, 1.807) is 24.3 Å². The SMILES string of the molecule is CCCCCCOc1cc2c(cc1O)-c1cc(O)c(OCCCCCC)cc1S2=O. The summed E-state index contributed by atoms with van der Waals surface area (Å²) in [5.74, 6) is 0.737. The van der Waals surface area contributed by atoms with E-state index in [9.17, 15) is 14.4 Å². The van der Waals surface area contributed by atoms with Crippen LogP contribution in [-0.2, 0) is 10.8 Å². The Hall–Kier alpha value is -2.21. The predicted octanol–water partition coefficient (Wildman–Crippen LogP) is 6.16. The van der Waals surface area contributed by atoms with Crippen molar-refractivity contribution >= 4 is 10.8 Å². The van der Waals surface area contributed by atoms with E-state index in [0.717, 1.165) is 51.4 Å². The van der Waals surface area contributed by atoms with Gasteiger partial charge in [-0.2, -0.15) is 0 Å². The molecule has 0 atom stereocenters. The lowest BCUT2D eigenvalue weighted by molar-refractivity contribution is 0.288. The third kappa shape index (κ3) is 5.09. The minimum Gasteiger partial charge on any atom is -0.504 e. The third-order valence-electron chi connectivity index (χ3n) is 5.32. The number of benzene rings is 2. The Labute approximate surface area is 181 Å². The van der Waals surface area contributed by atoms with Crippen molar-refractivity contribution in [2.45, 2.75) is 75.0 Å². The number of phenols is 2. The average molecular weight is 433 g/mol. The van der Waals surface area contributed by atoms with Crippen LogP contribution in [-0.4, -0.2) is 27.6 Å². The van der Waals surface area contributed by atoms with Gasteiger partial charge in [-0.3, -0.25) is 0 Å². The van der Waals surface area contributed by atoms with Crippen LogP contribution >= 0.6 is 0 Å². The third-order valence-corrected chi connectivity index (χ3v) is 6.80. The molecule has 2 aromatic carbocycles. The van der Waals surface area contributed by atoms with E-state index in [1.807, 2.05) is 0 Å². The van der Waals surface area contributed by atoms with Crippen LogP contribution in [0.2, 0.25) is 0 Å². The zero-order chi connectivity index (χ0) is 21.5. The maximum Gasteiger partial charge on any atom is 0.162 e. The summed E-state index contributed by atoms with van der Waals surface area (Å²) < 4.78 is 24.5. The number of ether oxygens (including phenoxy) is 2. The first-order valence-electron chi connectivity index (χ1n) is 11.0. The van der Waals surface area contributed by atoms with Crippen LogP contribution in [0.5, 0.6) is 23.0 Å². The standard InChI is InChI=1S/C24H32O5S/c1-3-5-7-9-11-28-21-15-23-17(13-19(21)25)18-14-20(26)22(16-24(18)30(23)27)29-12-10-8-6-4-2/h13-16,25-26H,3-12H2,1-2H3. The molecule has 3 rings (SSSR count). The molecule has 0 amide bonds. The fourth-order valence-corrected chi connectivity index (χ4v) is 5.00. The fraction of sp³-hybridized carbons (Fsp3) is 0.500. The number of aromatic hydroxyl groups is 2. The molecule has 1 aliphatic rings. The van der Waals surface area contributed by atoms with Crippen molar-refractivity contribution < 1.29 is 23.9 Å². The summed E-state index contributed by atoms with van der Waals surface area (Å²) >= 11 is 0. The molecule has 0 unspecified atom stereocenters. The van der Waals surface area contributed by atoms with Gasteiger partial charge < -0.3 is 19.7 Å². The molecule has 0 aliphatic carbocycles. The van der Waals surface area contributed by atoms with Gasteiger partial charge in [-0.05, 0) is 25.0 Å². The van der Waals surface area contributed by atoms with Gasteiger partial charge in [0.05, 0.1) is 33.8 Å². The molecule has 30 heavy (non-hydrogen) atoms. The average Bonchev–Trinajstić information content (AvgIpc) is 2.98. The van der Waals surface area contributed by atoms with E-state index in [-0.39, 0.29) is 11.5 Å². The van der Waals surface area contributed by atoms with Crippen molar-refractivity contribution in [3.8, 4) is 34.1 Å². The first kappa shape index (κ1) is 22.5. The van der Waals surface area contributed by atoms with Crippen LogP contribution < -0.4 is 9.47 Å². The van der Waals surface area contributed by atoms with Gasteiger partial charge in [0.1, 0.15) is 0 Å². The molecule has 0 fully saturated rings. The van der Waals surface area contributed by atoms with Gasteiger partial charge in [0.15, 0.2) is 23.0 Å². The topological polar surface area (TPSA) is 76.0 Å². The number of hydrogen-bond acceptors (Lipinski definition) is 5. The summed E-state index contributed by atoms with van der Waals surface area (Å²) in [4.78, 5) is 1.18. The molecule has 1 heterocycles. The smallest absolute Gasteiger partial charge is 0.162 e. The normalized spacial score (nSPS) is 12.6. The zero-order valence-corrected chi connectivity index (χ0v) is 18.7. The molecule has 0 radical (unpaired) electrons. The molecule has 0 spiro atoms. The molecule has 2 aromatic rings. The van der Waals surface area contributed by atoms with Gasteiger partial charge in [0.2, 0.25) is 0 Å². The number of hydrogen-bond donors (Lipinski definition) is 2. The molecule has 6 heteroatoms. The minimum absolute atomic E-state index is 0.0184. The monoisotopic (exact) mass is 432 g/mol. The summed E-state index contributed by atoms with van der Waals surface area (Å²) in [5, 5.41) is 20.8. The van der Waals surface area contributed by atoms with Crippen molar-refractivity contribution in [2.75, 3.05) is 13.2 Å². The molecule has 0 bridgehead atoms. The van der Waals surface area contributed by atoms with E-state index in [1.165, 1.54) is 0 Å². The maximum absolute atomic E-state index is 13.1. The van der Waals surface area contributed by atoms with Crippen molar-refractivity contribution in [3.05, 3.63) is 24.3 Å². The first-order chi connectivity index (χ1) is 14.6. The van der Waals surface area contributed by atoms with Crippen molar-refractivity contribution in [2.24, 2.45) is 0 Å². The maximum atomic E-state index is 13.1. The molecule has 164 valence electrons. The second-order valence-corrected chi connectivity index (χ2v) is 9.14. The Balaban J connectivity index is 1.74. The predicted molar refractivity (Wildman–Crippen MR) is 119 cm³/mol. The number of phenolic OH excluding ortho intramolecular Hbond substituents is 2. The molecule has 0 saturated carbocycles. The van der Waals surface area contributed by atoms with Crippen LogP contribution in [0.25, 0.3) is 11.1 Å². The van der Waals surface area contributed by atoms with Crippen molar-refractivity contribution in [1.82, 2.24) is 0 Å². The van der Waals surface area contributed by atoms with E-state index in [2.05, 4.69) is 13.8 Å². The molecular weight excluding hydrogens is 400 g/mol. The Morgan fingerprint density at radius 1 is 0.700 bits per heavy atom. The molecular formula is C24H32O5S. The Morgan fingerprint density at radius 3 is 1.53 bits per heavy atom. The number of unbranched alkanes of at least 4 members (excludes halogenated alkanes) is 6. The largest absolute Gasteiger partial charge is 0.504 e. The highest BCUT2D eigenvalue weighted by atomic mass is 32.2. The number of fused-ring (bicyclic) bond motifs is 3. The summed E-state index contributed by atoms with van der Waals surface area (Å²) in [6.07, 6.45) is 8.62. The molecule has 2 N–H and O–H groups in total. The number of rotatable bonds is 12. The van der Waals surface area contributed by atoms with Gasteiger partial charge in [-0.15, -0.1) is 0 Å². The lowest BCUT2D eigenvalue weighted by atomic mass is 10.0. The zero-order valence-electron chi connectivity index (χ0n) is 17.9. The summed E-state index contributed by atoms with van der Waals surface area (Å²) in [6, 6.07) is 6.46. The fourth-order valence-electron chi connectivity index (χ4n) is 3.60. The van der Waals surface area contributed by atoms with Crippen molar-refractivity contribution in [1.29, 1.82) is 0 Å². The second-order valence-electron chi connectivity index (χ2n) is 7.72. The highest BCUT2D eigenvalue weighted by Crippen LogP contribution is 2.48. The second kappa shape index (κ2) is 10.7. The quantitative estimate of drug-likeness (QED) is 0.335. The molecule has 0 aromatic heterocycles. The summed E-state index contributed by atoms with van der Waals surface area (Å²) in [7, 11) is -1.41. The van der Waals surface area contributed by atoms with Crippen LogP contribution in [0.15, 0.2) is 34.1 Å².